The summed E-state index contributed by atoms with van der Waals surface area (Å²) in [7, 11) is 1.61. The van der Waals surface area contributed by atoms with Crippen LogP contribution >= 0.6 is 0 Å². The van der Waals surface area contributed by atoms with Crippen LogP contribution in [0.5, 0.6) is 5.75 Å². The summed E-state index contributed by atoms with van der Waals surface area (Å²) in [5, 5.41) is 20.0. The molecule has 1 aromatic rings. The number of nitrogens with one attached hydrogen (secondary N) is 3. The predicted octanol–water partition coefficient (Wildman–Crippen LogP) is 2.72. The first-order valence-corrected chi connectivity index (χ1v) is 17.0. The summed E-state index contributed by atoms with van der Waals surface area (Å²) in [6.07, 6.45) is 4.78. The molecule has 48 heavy (non-hydrogen) atoms. The Morgan fingerprint density at radius 3 is 2.38 bits per heavy atom. The lowest BCUT2D eigenvalue weighted by Crippen LogP contribution is -2.46. The fraction of sp³-hybridized carbons (Fsp3) is 0.686. The molecule has 1 aliphatic rings. The van der Waals surface area contributed by atoms with Gasteiger partial charge < -0.3 is 35.2 Å². The molecule has 1 heterocycles. The second kappa shape index (κ2) is 19.6. The molecular formula is C35H58N5O8+. The number of unbranched alkanes of at least 4 members (excludes halogenated alkanes) is 3. The highest BCUT2D eigenvalue weighted by atomic mass is 16.5. The topological polar surface area (TPSA) is 181 Å². The molecule has 0 aromatic heterocycles. The van der Waals surface area contributed by atoms with Gasteiger partial charge in [0.1, 0.15) is 30.9 Å². The van der Waals surface area contributed by atoms with E-state index in [1.165, 1.54) is 19.1 Å². The number of hydrogen-bond acceptors (Lipinski definition) is 10. The first kappa shape index (κ1) is 40.8. The van der Waals surface area contributed by atoms with Crippen LogP contribution in [-0.4, -0.2) is 96.2 Å². The zero-order valence-corrected chi connectivity index (χ0v) is 29.9. The Kier molecular flexibility index (Phi) is 16.6. The molecule has 0 aliphatic carbocycles. The summed E-state index contributed by atoms with van der Waals surface area (Å²) in [5.74, 6) is 0.266. The molecule has 2 unspecified atom stereocenters. The Morgan fingerprint density at radius 2 is 1.73 bits per heavy atom. The van der Waals surface area contributed by atoms with Gasteiger partial charge in [0, 0.05) is 38.5 Å². The van der Waals surface area contributed by atoms with E-state index < -0.39 is 23.3 Å². The average Bonchev–Trinajstić information content (AvgIpc) is 3.71. The molecule has 270 valence electrons. The minimum absolute atomic E-state index is 0.0301. The number of nitrogens with two attached hydrogens (primary N) is 1. The molecule has 0 fully saturated rings. The summed E-state index contributed by atoms with van der Waals surface area (Å²) in [6, 6.07) is 4.43. The monoisotopic (exact) mass is 676 g/mol. The maximum absolute atomic E-state index is 13.6. The van der Waals surface area contributed by atoms with Crippen molar-refractivity contribution in [1.29, 1.82) is 0 Å². The standard InChI is InChI=1S/C35H57N5O8/c1-8-9-10-11-12-29(42)37-18-20-47-27-22-25(30(36)43)21-26(23-27)32(44)39-16-15-34(3,4)48-35(5,6)33(45)40-28(14-13-24(2)41)31(40)38-17-19-46-7/h21-23,28,32,39,44H,8-20H2,1-7H3,(H3,36,37,42,43)/p+1. The van der Waals surface area contributed by atoms with Crippen LogP contribution in [0.2, 0.25) is 0 Å². The van der Waals surface area contributed by atoms with Gasteiger partial charge in [-0.2, -0.15) is 4.58 Å². The van der Waals surface area contributed by atoms with Crippen molar-refractivity contribution in [3.63, 3.8) is 0 Å². The molecule has 13 heteroatoms. The number of aliphatic hydroxyl groups is 1. The van der Waals surface area contributed by atoms with E-state index >= 15 is 0 Å². The van der Waals surface area contributed by atoms with Gasteiger partial charge in [0.25, 0.3) is 5.84 Å². The number of nitrogens with zero attached hydrogens (tertiary/aromatic N) is 1. The van der Waals surface area contributed by atoms with Gasteiger partial charge in [-0.1, -0.05) is 26.2 Å². The molecule has 0 bridgehead atoms. The number of amidine groups is 1. The van der Waals surface area contributed by atoms with Gasteiger partial charge in [0.15, 0.2) is 5.60 Å². The molecular weight excluding hydrogens is 618 g/mol. The molecule has 0 saturated heterocycles. The second-order valence-electron chi connectivity index (χ2n) is 13.4. The van der Waals surface area contributed by atoms with Gasteiger partial charge in [-0.05, 0) is 71.2 Å². The van der Waals surface area contributed by atoms with Crippen molar-refractivity contribution in [3.8, 4) is 5.75 Å². The third kappa shape index (κ3) is 14.0. The number of rotatable bonds is 24. The van der Waals surface area contributed by atoms with Crippen LogP contribution in [0.1, 0.15) is 115 Å². The maximum Gasteiger partial charge on any atom is 0.341 e. The molecule has 0 saturated carbocycles. The highest BCUT2D eigenvalue weighted by Gasteiger charge is 2.54. The molecule has 2 atom stereocenters. The number of ether oxygens (including phenoxy) is 3. The van der Waals surface area contributed by atoms with Crippen LogP contribution in [-0.2, 0) is 23.9 Å². The Labute approximate surface area is 285 Å². The van der Waals surface area contributed by atoms with Gasteiger partial charge in [-0.25, -0.2) is 4.79 Å². The quantitative estimate of drug-likeness (QED) is 0.0621. The van der Waals surface area contributed by atoms with Crippen LogP contribution < -0.4 is 26.4 Å². The van der Waals surface area contributed by atoms with Crippen LogP contribution in [0.4, 0.5) is 0 Å². The number of carbonyl (C=O) groups excluding carboxylic acids is 4. The van der Waals surface area contributed by atoms with Crippen LogP contribution in [0.15, 0.2) is 18.2 Å². The molecule has 3 amide bonds. The van der Waals surface area contributed by atoms with Crippen molar-refractivity contribution < 1.29 is 43.1 Å². The van der Waals surface area contributed by atoms with E-state index in [2.05, 4.69) is 22.9 Å². The van der Waals surface area contributed by atoms with Crippen LogP contribution in [0.3, 0.4) is 0 Å². The van der Waals surface area contributed by atoms with E-state index in [-0.39, 0.29) is 35.8 Å². The molecule has 0 radical (unpaired) electrons. The molecule has 1 aromatic carbocycles. The van der Waals surface area contributed by atoms with E-state index in [0.717, 1.165) is 31.5 Å². The van der Waals surface area contributed by atoms with Gasteiger partial charge in [-0.15, -0.1) is 0 Å². The van der Waals surface area contributed by atoms with Gasteiger partial charge in [-0.3, -0.25) is 20.2 Å². The smallest absolute Gasteiger partial charge is 0.341 e. The normalized spacial score (nSPS) is 15.2. The lowest BCUT2D eigenvalue weighted by atomic mass is 10.0. The third-order valence-corrected chi connectivity index (χ3v) is 8.01. The number of primary amides is 1. The van der Waals surface area contributed by atoms with Gasteiger partial charge in [0.05, 0.1) is 18.8 Å². The van der Waals surface area contributed by atoms with Gasteiger partial charge in [0.2, 0.25) is 17.9 Å². The number of methoxy groups -OCH3 is 1. The van der Waals surface area contributed by atoms with E-state index in [1.54, 1.807) is 31.6 Å². The number of hydrogen-bond donors (Lipinski definition) is 5. The molecule has 1 aliphatic heterocycles. The summed E-state index contributed by atoms with van der Waals surface area (Å²) < 4.78 is 18.9. The average molecular weight is 677 g/mol. The highest BCUT2D eigenvalue weighted by Crippen LogP contribution is 2.29. The Balaban J connectivity index is 1.94. The summed E-state index contributed by atoms with van der Waals surface area (Å²) in [4.78, 5) is 49.2. The van der Waals surface area contributed by atoms with Crippen LogP contribution in [0, 0.1) is 0 Å². The summed E-state index contributed by atoms with van der Waals surface area (Å²) in [6.45, 7) is 12.7. The van der Waals surface area contributed by atoms with E-state index in [9.17, 15) is 24.3 Å². The lowest BCUT2D eigenvalue weighted by Gasteiger charge is -2.34. The second-order valence-corrected chi connectivity index (χ2v) is 13.4. The van der Waals surface area contributed by atoms with Crippen molar-refractivity contribution >= 4 is 29.3 Å². The molecule has 0 spiro atoms. The lowest BCUT2D eigenvalue weighted by molar-refractivity contribution is -0.412. The summed E-state index contributed by atoms with van der Waals surface area (Å²) >= 11 is 0. The SMILES string of the molecule is CCCCCCC(=O)NCCOc1cc(C(N)=O)cc(C(O)NCCC(C)(C)OC(C)(C)C(=O)[N+]2=C(NCCOC)C2CCC(C)=O)c1. The summed E-state index contributed by atoms with van der Waals surface area (Å²) in [5.41, 5.74) is 4.17. The zero-order valence-electron chi connectivity index (χ0n) is 29.9. The van der Waals surface area contributed by atoms with E-state index in [1.807, 2.05) is 13.8 Å². The number of aliphatic hydroxyl groups excluding tert-OH is 1. The van der Waals surface area contributed by atoms with E-state index in [0.29, 0.717) is 63.2 Å². The van der Waals surface area contributed by atoms with Gasteiger partial charge >= 0.3 is 5.91 Å². The first-order chi connectivity index (χ1) is 22.6. The third-order valence-electron chi connectivity index (χ3n) is 8.01. The minimum Gasteiger partial charge on any atom is -0.492 e. The van der Waals surface area contributed by atoms with Crippen molar-refractivity contribution in [2.75, 3.05) is 40.0 Å². The Bertz CT molecular complexity index is 1280. The van der Waals surface area contributed by atoms with Crippen molar-refractivity contribution in [1.82, 2.24) is 16.0 Å². The number of carbonyl (C=O) groups is 4. The predicted molar refractivity (Wildman–Crippen MR) is 183 cm³/mol. The number of Topliss-reactive ketones (excluding diaryl/α,β-unsaturated/α-hetero) is 1. The Morgan fingerprint density at radius 1 is 1.00 bits per heavy atom. The van der Waals surface area contributed by atoms with Crippen molar-refractivity contribution in [2.45, 2.75) is 116 Å². The zero-order chi connectivity index (χ0) is 35.9. The van der Waals surface area contributed by atoms with Crippen molar-refractivity contribution in [2.24, 2.45) is 5.73 Å². The molecule has 13 nitrogen and oxygen atoms in total. The highest BCUT2D eigenvalue weighted by molar-refractivity contribution is 5.98. The maximum atomic E-state index is 13.6. The molecule has 2 rings (SSSR count). The largest absolute Gasteiger partial charge is 0.492 e. The number of benzene rings is 1. The molecule has 6 N–H and O–H groups in total. The fourth-order valence-electron chi connectivity index (χ4n) is 5.45. The number of ketones is 1. The minimum atomic E-state index is -1.17. The van der Waals surface area contributed by atoms with E-state index in [4.69, 9.17) is 19.9 Å². The van der Waals surface area contributed by atoms with Crippen LogP contribution in [0.25, 0.3) is 0 Å². The van der Waals surface area contributed by atoms with Crippen molar-refractivity contribution in [3.05, 3.63) is 29.3 Å². The number of amides is 3. The Hall–Kier alpha value is -3.39. The first-order valence-electron chi connectivity index (χ1n) is 17.0. The fourth-order valence-corrected chi connectivity index (χ4v) is 5.45.